The van der Waals surface area contributed by atoms with Crippen molar-refractivity contribution in [3.8, 4) is 11.1 Å². The van der Waals surface area contributed by atoms with Crippen LogP contribution < -0.4 is 0 Å². The number of rotatable bonds is 2. The molecule has 0 amide bonds. The van der Waals surface area contributed by atoms with Gasteiger partial charge in [0.2, 0.25) is 0 Å². The van der Waals surface area contributed by atoms with Gasteiger partial charge in [0.15, 0.2) is 0 Å². The van der Waals surface area contributed by atoms with Crippen LogP contribution in [0, 0.1) is 6.92 Å². The van der Waals surface area contributed by atoms with Crippen molar-refractivity contribution in [3.63, 3.8) is 0 Å². The summed E-state index contributed by atoms with van der Waals surface area (Å²) in [5.74, 6) is -2.61. The standard InChI is InChI=1S/C15H12F3N3O2/c1-9-19-7-12(8-20-9)10-2-4-11(5-3-10)13-6-14(22,23-21-13)15(16,17)18/h2-5,7-8,22H,6H2,1H3. The van der Waals surface area contributed by atoms with E-state index >= 15 is 0 Å². The molecule has 0 bridgehead atoms. The van der Waals surface area contributed by atoms with E-state index in [1.165, 1.54) is 0 Å². The van der Waals surface area contributed by atoms with Gasteiger partial charge >= 0.3 is 12.0 Å². The monoisotopic (exact) mass is 323 g/mol. The van der Waals surface area contributed by atoms with E-state index in [9.17, 15) is 18.3 Å². The van der Waals surface area contributed by atoms with Crippen LogP contribution in [0.25, 0.3) is 11.1 Å². The summed E-state index contributed by atoms with van der Waals surface area (Å²) in [4.78, 5) is 12.4. The Kier molecular flexibility index (Phi) is 3.56. The molecule has 8 heteroatoms. The Morgan fingerprint density at radius 3 is 2.13 bits per heavy atom. The fraction of sp³-hybridized carbons (Fsp3) is 0.267. The van der Waals surface area contributed by atoms with Crippen LogP contribution in [0.4, 0.5) is 13.2 Å². The molecule has 1 aromatic carbocycles. The zero-order valence-corrected chi connectivity index (χ0v) is 12.0. The summed E-state index contributed by atoms with van der Waals surface area (Å²) in [6, 6.07) is 6.66. The molecular weight excluding hydrogens is 311 g/mol. The first-order valence-corrected chi connectivity index (χ1v) is 6.72. The predicted molar refractivity (Wildman–Crippen MR) is 75.4 cm³/mol. The van der Waals surface area contributed by atoms with Crippen molar-refractivity contribution in [1.82, 2.24) is 9.97 Å². The van der Waals surface area contributed by atoms with Gasteiger partial charge in [-0.15, -0.1) is 0 Å². The van der Waals surface area contributed by atoms with Crippen LogP contribution in [-0.2, 0) is 4.84 Å². The molecule has 0 saturated carbocycles. The van der Waals surface area contributed by atoms with Gasteiger partial charge in [-0.25, -0.2) is 9.97 Å². The van der Waals surface area contributed by atoms with Gasteiger partial charge in [-0.3, -0.25) is 0 Å². The van der Waals surface area contributed by atoms with Crippen molar-refractivity contribution in [2.45, 2.75) is 25.3 Å². The fourth-order valence-corrected chi connectivity index (χ4v) is 2.13. The van der Waals surface area contributed by atoms with Gasteiger partial charge in [0.1, 0.15) is 5.82 Å². The molecule has 2 aromatic rings. The third-order valence-corrected chi connectivity index (χ3v) is 3.49. The molecule has 0 spiro atoms. The first kappa shape index (κ1) is 15.4. The minimum atomic E-state index is -4.91. The van der Waals surface area contributed by atoms with E-state index in [1.807, 2.05) is 0 Å². The van der Waals surface area contributed by atoms with Crippen molar-refractivity contribution in [2.75, 3.05) is 0 Å². The summed E-state index contributed by atoms with van der Waals surface area (Å²) in [6.45, 7) is 1.77. The van der Waals surface area contributed by atoms with Gasteiger partial charge in [-0.2, -0.15) is 13.2 Å². The first-order valence-electron chi connectivity index (χ1n) is 6.72. The maximum Gasteiger partial charge on any atom is 0.458 e. The zero-order chi connectivity index (χ0) is 16.7. The molecule has 1 unspecified atom stereocenters. The lowest BCUT2D eigenvalue weighted by molar-refractivity contribution is -0.355. The zero-order valence-electron chi connectivity index (χ0n) is 12.0. The number of aromatic nitrogens is 2. The summed E-state index contributed by atoms with van der Waals surface area (Å²) in [7, 11) is 0. The molecule has 1 atom stereocenters. The number of nitrogens with zero attached hydrogens (tertiary/aromatic N) is 3. The average Bonchev–Trinajstić information content (AvgIpc) is 2.92. The van der Waals surface area contributed by atoms with Crippen LogP contribution in [-0.4, -0.2) is 32.7 Å². The summed E-state index contributed by atoms with van der Waals surface area (Å²) in [5.41, 5.74) is 2.09. The van der Waals surface area contributed by atoms with Crippen LogP contribution >= 0.6 is 0 Å². The molecule has 0 saturated heterocycles. The molecule has 2 heterocycles. The summed E-state index contributed by atoms with van der Waals surface area (Å²) in [6.07, 6.45) is -2.33. The van der Waals surface area contributed by atoms with E-state index in [0.29, 0.717) is 11.4 Å². The van der Waals surface area contributed by atoms with Gasteiger partial charge in [-0.05, 0) is 18.1 Å². The molecule has 5 nitrogen and oxygen atoms in total. The molecule has 1 aliphatic heterocycles. The van der Waals surface area contributed by atoms with Crippen molar-refractivity contribution in [1.29, 1.82) is 0 Å². The molecular formula is C15H12F3N3O2. The van der Waals surface area contributed by atoms with Crippen molar-refractivity contribution < 1.29 is 23.1 Å². The SMILES string of the molecule is Cc1ncc(-c2ccc(C3=NOC(O)(C(F)(F)F)C3)cc2)cn1. The molecule has 3 rings (SSSR count). The van der Waals surface area contributed by atoms with E-state index in [2.05, 4.69) is 20.0 Å². The Hall–Kier alpha value is -2.48. The second-order valence-corrected chi connectivity index (χ2v) is 5.18. The molecule has 1 N–H and O–H groups in total. The Bertz CT molecular complexity index is 742. The maximum atomic E-state index is 12.7. The minimum Gasteiger partial charge on any atom is -0.350 e. The van der Waals surface area contributed by atoms with Crippen LogP contribution in [0.5, 0.6) is 0 Å². The fourth-order valence-electron chi connectivity index (χ4n) is 2.13. The lowest BCUT2D eigenvalue weighted by atomic mass is 10.00. The van der Waals surface area contributed by atoms with Gasteiger partial charge in [0, 0.05) is 18.0 Å². The smallest absolute Gasteiger partial charge is 0.350 e. The molecule has 120 valence electrons. The summed E-state index contributed by atoms with van der Waals surface area (Å²) >= 11 is 0. The highest BCUT2D eigenvalue weighted by Crippen LogP contribution is 2.39. The number of oxime groups is 1. The minimum absolute atomic E-state index is 0.0385. The maximum absolute atomic E-state index is 12.7. The van der Waals surface area contributed by atoms with Gasteiger partial charge < -0.3 is 9.94 Å². The average molecular weight is 323 g/mol. The molecule has 1 aromatic heterocycles. The number of halogens is 3. The number of hydrogen-bond acceptors (Lipinski definition) is 5. The normalized spacial score (nSPS) is 21.0. The van der Waals surface area contributed by atoms with Crippen molar-refractivity contribution in [3.05, 3.63) is 48.0 Å². The number of hydrogen-bond donors (Lipinski definition) is 1. The second kappa shape index (κ2) is 5.31. The molecule has 23 heavy (non-hydrogen) atoms. The quantitative estimate of drug-likeness (QED) is 0.923. The highest BCUT2D eigenvalue weighted by molar-refractivity contribution is 6.01. The number of benzene rings is 1. The lowest BCUT2D eigenvalue weighted by Crippen LogP contribution is -2.45. The Morgan fingerprint density at radius 2 is 1.61 bits per heavy atom. The third-order valence-electron chi connectivity index (χ3n) is 3.49. The number of aliphatic hydroxyl groups is 1. The van der Waals surface area contributed by atoms with Gasteiger partial charge in [0.05, 0.1) is 12.1 Å². The Labute approximate surface area is 129 Å². The highest BCUT2D eigenvalue weighted by atomic mass is 19.4. The Morgan fingerprint density at radius 1 is 1.04 bits per heavy atom. The third kappa shape index (κ3) is 2.89. The van der Waals surface area contributed by atoms with Gasteiger partial charge in [0.25, 0.3) is 0 Å². The van der Waals surface area contributed by atoms with Crippen LogP contribution in [0.2, 0.25) is 0 Å². The topological polar surface area (TPSA) is 67.6 Å². The van der Waals surface area contributed by atoms with Crippen molar-refractivity contribution in [2.24, 2.45) is 5.16 Å². The number of aryl methyl sites for hydroxylation is 1. The number of alkyl halides is 3. The Balaban J connectivity index is 1.80. The molecule has 0 fully saturated rings. The summed E-state index contributed by atoms with van der Waals surface area (Å²) in [5, 5.41) is 12.8. The van der Waals surface area contributed by atoms with E-state index in [1.54, 1.807) is 43.6 Å². The summed E-state index contributed by atoms with van der Waals surface area (Å²) < 4.78 is 38.1. The lowest BCUT2D eigenvalue weighted by Gasteiger charge is -2.22. The van der Waals surface area contributed by atoms with Crippen LogP contribution in [0.15, 0.2) is 41.8 Å². The highest BCUT2D eigenvalue weighted by Gasteiger charge is 2.60. The predicted octanol–water partition coefficient (Wildman–Crippen LogP) is 2.83. The van der Waals surface area contributed by atoms with Gasteiger partial charge in [-0.1, -0.05) is 29.4 Å². The van der Waals surface area contributed by atoms with E-state index in [4.69, 9.17) is 0 Å². The van der Waals surface area contributed by atoms with Crippen LogP contribution in [0.3, 0.4) is 0 Å². The van der Waals surface area contributed by atoms with Crippen molar-refractivity contribution >= 4 is 5.71 Å². The van der Waals surface area contributed by atoms with E-state index in [0.717, 1.165) is 11.1 Å². The van der Waals surface area contributed by atoms with Crippen LogP contribution in [0.1, 0.15) is 17.8 Å². The first-order chi connectivity index (χ1) is 10.8. The van der Waals surface area contributed by atoms with E-state index < -0.39 is 18.4 Å². The molecule has 1 aliphatic rings. The molecule has 0 radical (unpaired) electrons. The van der Waals surface area contributed by atoms with E-state index in [-0.39, 0.29) is 5.71 Å². The largest absolute Gasteiger partial charge is 0.458 e. The molecule has 0 aliphatic carbocycles. The second-order valence-electron chi connectivity index (χ2n) is 5.18.